The molecular weight excluding hydrogens is 242 g/mol. The fourth-order valence-electron chi connectivity index (χ4n) is 3.19. The van der Waals surface area contributed by atoms with Crippen molar-refractivity contribution >= 4 is 5.91 Å². The molecule has 0 radical (unpaired) electrons. The summed E-state index contributed by atoms with van der Waals surface area (Å²) < 4.78 is 10.8. The molecule has 1 amide bonds. The quantitative estimate of drug-likeness (QED) is 0.833. The molecule has 0 aromatic heterocycles. The van der Waals surface area contributed by atoms with Crippen molar-refractivity contribution in [1.29, 1.82) is 0 Å². The zero-order chi connectivity index (χ0) is 13.2. The highest BCUT2D eigenvalue weighted by Crippen LogP contribution is 2.37. The number of piperidine rings is 1. The summed E-state index contributed by atoms with van der Waals surface area (Å²) in [7, 11) is 1.60. The second kappa shape index (κ2) is 5.11. The van der Waals surface area contributed by atoms with Crippen LogP contribution in [0.2, 0.25) is 0 Å². The summed E-state index contributed by atoms with van der Waals surface area (Å²) in [4.78, 5) is 14.2. The summed E-state index contributed by atoms with van der Waals surface area (Å²) in [6, 6.07) is 7.87. The van der Waals surface area contributed by atoms with Crippen molar-refractivity contribution in [2.45, 2.75) is 25.3 Å². The number of rotatable bonds is 4. The number of para-hydroxylation sites is 2. The molecule has 1 aromatic carbocycles. The maximum absolute atomic E-state index is 12.2. The van der Waals surface area contributed by atoms with E-state index < -0.39 is 0 Å². The van der Waals surface area contributed by atoms with E-state index in [0.29, 0.717) is 17.5 Å². The van der Waals surface area contributed by atoms with Crippen LogP contribution < -0.4 is 9.47 Å². The van der Waals surface area contributed by atoms with Crippen LogP contribution in [0.4, 0.5) is 0 Å². The third-order valence-electron chi connectivity index (χ3n) is 4.15. The summed E-state index contributed by atoms with van der Waals surface area (Å²) in [6.07, 6.45) is 3.62. The Morgan fingerprint density at radius 3 is 2.74 bits per heavy atom. The highest BCUT2D eigenvalue weighted by molar-refractivity contribution is 5.78. The van der Waals surface area contributed by atoms with Crippen molar-refractivity contribution in [1.82, 2.24) is 4.90 Å². The van der Waals surface area contributed by atoms with Crippen molar-refractivity contribution in [2.24, 2.45) is 5.92 Å². The van der Waals surface area contributed by atoms with Crippen LogP contribution in [0.15, 0.2) is 24.3 Å². The smallest absolute Gasteiger partial charge is 0.260 e. The SMILES string of the molecule is COc1ccccc1OCC(=O)N1C[C@@H]2CC[C@@H]1C2. The van der Waals surface area contributed by atoms with Gasteiger partial charge in [-0.3, -0.25) is 4.79 Å². The first kappa shape index (κ1) is 12.3. The second-order valence-corrected chi connectivity index (χ2v) is 5.32. The molecule has 102 valence electrons. The number of carbonyl (C=O) groups excluding carboxylic acids is 1. The van der Waals surface area contributed by atoms with Gasteiger partial charge in [0.25, 0.3) is 5.91 Å². The molecule has 1 aliphatic heterocycles. The standard InChI is InChI=1S/C15H19NO3/c1-18-13-4-2-3-5-14(13)19-10-15(17)16-9-11-6-7-12(16)8-11/h2-5,11-12H,6-10H2,1H3/t11-,12-/m1/s1. The number of ether oxygens (including phenoxy) is 2. The zero-order valence-corrected chi connectivity index (χ0v) is 11.2. The summed E-state index contributed by atoms with van der Waals surface area (Å²) >= 11 is 0. The molecule has 0 unspecified atom stereocenters. The molecule has 1 heterocycles. The highest BCUT2D eigenvalue weighted by atomic mass is 16.5. The van der Waals surface area contributed by atoms with Crippen molar-refractivity contribution in [2.75, 3.05) is 20.3 Å². The first-order chi connectivity index (χ1) is 9.28. The molecule has 2 bridgehead atoms. The molecule has 4 heteroatoms. The minimum absolute atomic E-state index is 0.0955. The van der Waals surface area contributed by atoms with Gasteiger partial charge >= 0.3 is 0 Å². The Morgan fingerprint density at radius 1 is 1.32 bits per heavy atom. The molecule has 0 spiro atoms. The van der Waals surface area contributed by atoms with Gasteiger partial charge in [0.1, 0.15) is 0 Å². The number of amides is 1. The summed E-state index contributed by atoms with van der Waals surface area (Å²) in [5.41, 5.74) is 0. The predicted molar refractivity (Wildman–Crippen MR) is 71.3 cm³/mol. The average Bonchev–Trinajstić information content (AvgIpc) is 3.07. The first-order valence-corrected chi connectivity index (χ1v) is 6.83. The summed E-state index contributed by atoms with van der Waals surface area (Å²) in [5.74, 6) is 2.11. The zero-order valence-electron chi connectivity index (χ0n) is 11.2. The van der Waals surface area contributed by atoms with Crippen LogP contribution in [0.25, 0.3) is 0 Å². The van der Waals surface area contributed by atoms with E-state index in [4.69, 9.17) is 9.47 Å². The Bertz CT molecular complexity index is 474. The van der Waals surface area contributed by atoms with E-state index in [-0.39, 0.29) is 12.5 Å². The van der Waals surface area contributed by atoms with Gasteiger partial charge in [-0.2, -0.15) is 0 Å². The molecule has 2 atom stereocenters. The molecule has 19 heavy (non-hydrogen) atoms. The molecule has 4 nitrogen and oxygen atoms in total. The van der Waals surface area contributed by atoms with Crippen LogP contribution in [0, 0.1) is 5.92 Å². The van der Waals surface area contributed by atoms with Crippen molar-refractivity contribution in [3.8, 4) is 11.5 Å². The number of hydrogen-bond acceptors (Lipinski definition) is 3. The molecule has 1 aliphatic carbocycles. The second-order valence-electron chi connectivity index (χ2n) is 5.32. The normalized spacial score (nSPS) is 24.6. The van der Waals surface area contributed by atoms with Crippen LogP contribution in [-0.2, 0) is 4.79 Å². The average molecular weight is 261 g/mol. The van der Waals surface area contributed by atoms with Gasteiger partial charge in [0.15, 0.2) is 18.1 Å². The third kappa shape index (κ3) is 2.39. The van der Waals surface area contributed by atoms with E-state index in [0.717, 1.165) is 18.9 Å². The maximum atomic E-state index is 12.2. The van der Waals surface area contributed by atoms with Gasteiger partial charge in [0, 0.05) is 12.6 Å². The number of carbonyl (C=O) groups is 1. The first-order valence-electron chi connectivity index (χ1n) is 6.83. The monoisotopic (exact) mass is 261 g/mol. The Kier molecular flexibility index (Phi) is 3.32. The largest absolute Gasteiger partial charge is 0.493 e. The molecular formula is C15H19NO3. The van der Waals surface area contributed by atoms with Gasteiger partial charge < -0.3 is 14.4 Å². The molecule has 2 aliphatic rings. The fraction of sp³-hybridized carbons (Fsp3) is 0.533. The van der Waals surface area contributed by atoms with Crippen molar-refractivity contribution < 1.29 is 14.3 Å². The lowest BCUT2D eigenvalue weighted by molar-refractivity contribution is -0.135. The van der Waals surface area contributed by atoms with E-state index in [9.17, 15) is 4.79 Å². The van der Waals surface area contributed by atoms with E-state index in [2.05, 4.69) is 0 Å². The lowest BCUT2D eigenvalue weighted by Crippen LogP contribution is -2.40. The highest BCUT2D eigenvalue weighted by Gasteiger charge is 2.40. The lowest BCUT2D eigenvalue weighted by Gasteiger charge is -2.27. The van der Waals surface area contributed by atoms with Gasteiger partial charge in [-0.05, 0) is 37.3 Å². The van der Waals surface area contributed by atoms with Gasteiger partial charge in [-0.1, -0.05) is 12.1 Å². The minimum Gasteiger partial charge on any atom is -0.493 e. The summed E-state index contributed by atoms with van der Waals surface area (Å²) in [5, 5.41) is 0. The third-order valence-corrected chi connectivity index (χ3v) is 4.15. The molecule has 1 aromatic rings. The number of nitrogens with zero attached hydrogens (tertiary/aromatic N) is 1. The van der Waals surface area contributed by atoms with E-state index >= 15 is 0 Å². The van der Waals surface area contributed by atoms with Gasteiger partial charge in [-0.15, -0.1) is 0 Å². The lowest BCUT2D eigenvalue weighted by atomic mass is 10.1. The maximum Gasteiger partial charge on any atom is 0.260 e. The molecule has 1 saturated carbocycles. The van der Waals surface area contributed by atoms with Crippen molar-refractivity contribution in [3.63, 3.8) is 0 Å². The Morgan fingerprint density at radius 2 is 2.11 bits per heavy atom. The van der Waals surface area contributed by atoms with Gasteiger partial charge in [0.05, 0.1) is 7.11 Å². The van der Waals surface area contributed by atoms with Gasteiger partial charge in [-0.25, -0.2) is 0 Å². The van der Waals surface area contributed by atoms with E-state index in [1.807, 2.05) is 29.2 Å². The Balaban J connectivity index is 1.59. The van der Waals surface area contributed by atoms with Crippen LogP contribution in [-0.4, -0.2) is 37.1 Å². The van der Waals surface area contributed by atoms with Crippen LogP contribution in [0.3, 0.4) is 0 Å². The number of fused-ring (bicyclic) bond motifs is 2. The van der Waals surface area contributed by atoms with Crippen LogP contribution >= 0.6 is 0 Å². The Hall–Kier alpha value is -1.71. The summed E-state index contributed by atoms with van der Waals surface area (Å²) in [6.45, 7) is 1.02. The van der Waals surface area contributed by atoms with E-state index in [1.54, 1.807) is 7.11 Å². The number of likely N-dealkylation sites (tertiary alicyclic amines) is 1. The number of hydrogen-bond donors (Lipinski definition) is 0. The van der Waals surface area contributed by atoms with Crippen LogP contribution in [0.5, 0.6) is 11.5 Å². The molecule has 3 rings (SSSR count). The number of methoxy groups -OCH3 is 1. The Labute approximate surface area is 113 Å². The molecule has 2 fully saturated rings. The number of benzene rings is 1. The van der Waals surface area contributed by atoms with Crippen LogP contribution in [0.1, 0.15) is 19.3 Å². The fourth-order valence-corrected chi connectivity index (χ4v) is 3.19. The minimum atomic E-state index is 0.0955. The molecule has 0 N–H and O–H groups in total. The van der Waals surface area contributed by atoms with Crippen molar-refractivity contribution in [3.05, 3.63) is 24.3 Å². The molecule has 1 saturated heterocycles. The predicted octanol–water partition coefficient (Wildman–Crippen LogP) is 2.08. The topological polar surface area (TPSA) is 38.8 Å². The van der Waals surface area contributed by atoms with Gasteiger partial charge in [0.2, 0.25) is 0 Å². The van der Waals surface area contributed by atoms with E-state index in [1.165, 1.54) is 12.8 Å².